The van der Waals surface area contributed by atoms with Crippen LogP contribution in [-0.2, 0) is 20.8 Å². The second kappa shape index (κ2) is 14.3. The molecule has 1 amide bonds. The highest BCUT2D eigenvalue weighted by atomic mass is 19.1. The Labute approximate surface area is 343 Å². The van der Waals surface area contributed by atoms with Gasteiger partial charge in [-0.25, -0.2) is 23.4 Å². The number of hydrogen-bond acceptors (Lipinski definition) is 13. The van der Waals surface area contributed by atoms with E-state index < -0.39 is 23.8 Å². The smallest absolute Gasteiger partial charge is 0.245 e. The first-order valence-electron chi connectivity index (χ1n) is 20.4. The van der Waals surface area contributed by atoms with Gasteiger partial charge in [-0.05, 0) is 43.7 Å². The van der Waals surface area contributed by atoms with Gasteiger partial charge in [0.25, 0.3) is 0 Å². The maximum Gasteiger partial charge on any atom is 0.245 e. The number of anilines is 3. The predicted octanol–water partition coefficient (Wildman–Crippen LogP) is 3.64. The molecule has 1 N–H and O–H groups in total. The number of benzene rings is 2. The standard InChI is InChI=1S/C42H44F2N12O4/c1-23-46-31-14-25(44)13-28-30-5-4-6-37(48-30)47-26-16-33(41(57)51(2)19-27(58-3)20-54(23)38(28)31)55(18-26)39-29-17-45-56-32-8-7-24(43)15-35(32)59-11-9-52-21-34-36(22-52)60-12-10-53(34)42(49-39)50-40(29)56/h4-8,13-15,17,26-27,33-34,36H,9-12,16,18-22H2,1-3H3,(H,47,48)/t26-,27-,33-,34+,36-/m0/s1. The molecule has 5 aliphatic rings. The Hall–Kier alpha value is -5.98. The zero-order valence-corrected chi connectivity index (χ0v) is 33.5. The van der Waals surface area contributed by atoms with E-state index in [-0.39, 0.29) is 30.6 Å². The Bertz CT molecular complexity index is 2670. The first kappa shape index (κ1) is 37.1. The van der Waals surface area contributed by atoms with E-state index in [1.165, 1.54) is 24.3 Å². The van der Waals surface area contributed by atoms with Gasteiger partial charge < -0.3 is 38.8 Å². The molecule has 3 saturated heterocycles. The maximum absolute atomic E-state index is 15.2. The van der Waals surface area contributed by atoms with Gasteiger partial charge in [0, 0.05) is 77.2 Å². The number of halogens is 2. The van der Waals surface area contributed by atoms with E-state index in [0.29, 0.717) is 108 Å². The molecule has 6 aromatic rings. The Balaban J connectivity index is 1.06. The fourth-order valence-corrected chi connectivity index (χ4v) is 9.78. The Kier molecular flexibility index (Phi) is 8.86. The zero-order valence-electron chi connectivity index (χ0n) is 33.5. The van der Waals surface area contributed by atoms with E-state index in [2.05, 4.69) is 20.0 Å². The number of aromatic nitrogens is 7. The van der Waals surface area contributed by atoms with Crippen LogP contribution >= 0.6 is 0 Å². The summed E-state index contributed by atoms with van der Waals surface area (Å²) in [6.45, 7) is 6.45. The van der Waals surface area contributed by atoms with Crippen molar-refractivity contribution in [2.75, 3.05) is 81.8 Å². The molecule has 2 aromatic carbocycles. The molecule has 310 valence electrons. The number of nitrogens with zero attached hydrogens (tertiary/aromatic N) is 11. The maximum atomic E-state index is 15.2. The number of amides is 1. The minimum atomic E-state index is -0.646. The van der Waals surface area contributed by atoms with E-state index in [9.17, 15) is 9.18 Å². The van der Waals surface area contributed by atoms with Gasteiger partial charge in [-0.15, -0.1) is 0 Å². The summed E-state index contributed by atoms with van der Waals surface area (Å²) in [6, 6.07) is 12.1. The van der Waals surface area contributed by atoms with E-state index in [4.69, 9.17) is 39.2 Å². The van der Waals surface area contributed by atoms with Crippen LogP contribution in [-0.4, -0.2) is 147 Å². The molecule has 60 heavy (non-hydrogen) atoms. The van der Waals surface area contributed by atoms with Crippen molar-refractivity contribution in [2.45, 2.75) is 50.2 Å². The van der Waals surface area contributed by atoms with Crippen molar-refractivity contribution in [3.63, 3.8) is 0 Å². The van der Waals surface area contributed by atoms with E-state index in [1.54, 1.807) is 36.0 Å². The first-order valence-corrected chi connectivity index (χ1v) is 20.4. The minimum absolute atomic E-state index is 0.0144. The average molecular weight is 819 g/mol. The highest BCUT2D eigenvalue weighted by Gasteiger charge is 2.44. The fourth-order valence-electron chi connectivity index (χ4n) is 9.78. The third-order valence-electron chi connectivity index (χ3n) is 12.7. The summed E-state index contributed by atoms with van der Waals surface area (Å²) in [6.07, 6.45) is 1.66. The number of carbonyl (C=O) groups is 1. The Morgan fingerprint density at radius 1 is 0.917 bits per heavy atom. The van der Waals surface area contributed by atoms with Crippen LogP contribution < -0.4 is 19.9 Å². The lowest BCUT2D eigenvalue weighted by molar-refractivity contribution is -0.132. The van der Waals surface area contributed by atoms with Crippen molar-refractivity contribution in [2.24, 2.45) is 0 Å². The molecule has 18 heteroatoms. The number of likely N-dealkylation sites (N-methyl/N-ethyl adjacent to an activating group) is 1. The van der Waals surface area contributed by atoms with Crippen LogP contribution in [0.4, 0.5) is 26.4 Å². The van der Waals surface area contributed by atoms with Crippen LogP contribution in [0.5, 0.6) is 5.75 Å². The molecule has 4 aromatic heterocycles. The average Bonchev–Trinajstić information content (AvgIpc) is 4.03. The number of rotatable bonds is 2. The lowest BCUT2D eigenvalue weighted by atomic mass is 10.1. The van der Waals surface area contributed by atoms with Gasteiger partial charge in [-0.1, -0.05) is 6.07 Å². The van der Waals surface area contributed by atoms with Crippen molar-refractivity contribution in [1.29, 1.82) is 0 Å². The molecule has 3 fully saturated rings. The highest BCUT2D eigenvalue weighted by molar-refractivity contribution is 5.94. The van der Waals surface area contributed by atoms with Crippen LogP contribution in [0.25, 0.3) is 39.0 Å². The Morgan fingerprint density at radius 2 is 1.82 bits per heavy atom. The summed E-state index contributed by atoms with van der Waals surface area (Å²) >= 11 is 0. The Morgan fingerprint density at radius 3 is 2.70 bits per heavy atom. The number of methoxy groups -OCH3 is 1. The third kappa shape index (κ3) is 6.18. The molecule has 9 heterocycles. The number of nitrogens with one attached hydrogen (secondary N) is 1. The second-order valence-corrected chi connectivity index (χ2v) is 16.4. The molecular weight excluding hydrogens is 775 g/mol. The largest absolute Gasteiger partial charge is 0.490 e. The summed E-state index contributed by atoms with van der Waals surface area (Å²) in [5.41, 5.74) is 3.52. The lowest BCUT2D eigenvalue weighted by Gasteiger charge is -2.37. The number of morpholine rings is 1. The van der Waals surface area contributed by atoms with E-state index >= 15 is 4.39 Å². The summed E-state index contributed by atoms with van der Waals surface area (Å²) < 4.78 is 52.2. The molecule has 0 spiro atoms. The number of hydrogen-bond donors (Lipinski definition) is 1. The van der Waals surface area contributed by atoms with Gasteiger partial charge in [-0.2, -0.15) is 15.1 Å². The number of fused-ring (bicyclic) bond motifs is 10. The summed E-state index contributed by atoms with van der Waals surface area (Å²) in [5, 5.41) is 9.07. The monoisotopic (exact) mass is 818 g/mol. The zero-order chi connectivity index (χ0) is 40.8. The molecule has 11 rings (SSSR count). The summed E-state index contributed by atoms with van der Waals surface area (Å²) in [7, 11) is 3.43. The molecule has 16 nitrogen and oxygen atoms in total. The molecule has 0 aliphatic carbocycles. The number of imidazole rings is 1. The van der Waals surface area contributed by atoms with Crippen molar-refractivity contribution < 1.29 is 27.8 Å². The SMILES string of the molecule is CO[C@H]1CN(C)C(=O)[C@@H]2C[C@@H](CN2c2nc3nc4c2cnn4-c2ccc(F)cc2OCCN2C[C@@H]4OCCN3[C@@H]4C2)Nc2cccc(n2)-c2cc(F)cc3nc(C)n(c23)C1. The number of carbonyl (C=O) groups excluding carboxylic acids is 1. The molecular formula is C42H44F2N12O4. The molecule has 1 unspecified atom stereocenters. The first-order chi connectivity index (χ1) is 29.2. The van der Waals surface area contributed by atoms with Crippen molar-refractivity contribution in [3.8, 4) is 22.7 Å². The molecule has 6 atom stereocenters. The van der Waals surface area contributed by atoms with E-state index in [1.807, 2.05) is 29.7 Å². The number of pyridine rings is 1. The normalized spacial score (nSPS) is 25.3. The van der Waals surface area contributed by atoms with Gasteiger partial charge in [0.2, 0.25) is 11.9 Å². The fraction of sp³-hybridized carbons (Fsp3) is 0.429. The van der Waals surface area contributed by atoms with Crippen LogP contribution in [0.15, 0.2) is 54.7 Å². The predicted molar refractivity (Wildman–Crippen MR) is 219 cm³/mol. The van der Waals surface area contributed by atoms with Gasteiger partial charge >= 0.3 is 0 Å². The number of ether oxygens (including phenoxy) is 3. The number of aryl methyl sites for hydroxylation is 1. The highest BCUT2D eigenvalue weighted by Crippen LogP contribution is 2.38. The van der Waals surface area contributed by atoms with Crippen molar-refractivity contribution in [3.05, 3.63) is 72.2 Å². The van der Waals surface area contributed by atoms with Gasteiger partial charge in [-0.3, -0.25) is 9.69 Å². The minimum Gasteiger partial charge on any atom is -0.490 e. The molecule has 8 bridgehead atoms. The van der Waals surface area contributed by atoms with Crippen LogP contribution in [0.3, 0.4) is 0 Å². The summed E-state index contributed by atoms with van der Waals surface area (Å²) in [4.78, 5) is 43.5. The third-order valence-corrected chi connectivity index (χ3v) is 12.7. The van der Waals surface area contributed by atoms with Crippen molar-refractivity contribution >= 4 is 45.6 Å². The second-order valence-electron chi connectivity index (χ2n) is 16.4. The van der Waals surface area contributed by atoms with Crippen LogP contribution in [0, 0.1) is 18.6 Å². The quantitative estimate of drug-likeness (QED) is 0.272. The summed E-state index contributed by atoms with van der Waals surface area (Å²) in [5.74, 6) is 1.75. The topological polar surface area (TPSA) is 144 Å². The molecule has 0 radical (unpaired) electrons. The van der Waals surface area contributed by atoms with Crippen LogP contribution in [0.2, 0.25) is 0 Å². The van der Waals surface area contributed by atoms with Gasteiger partial charge in [0.05, 0.1) is 59.7 Å². The molecule has 5 aliphatic heterocycles. The van der Waals surface area contributed by atoms with E-state index in [0.717, 1.165) is 18.6 Å². The lowest BCUT2D eigenvalue weighted by Crippen LogP contribution is -2.52. The van der Waals surface area contributed by atoms with Crippen LogP contribution in [0.1, 0.15) is 12.2 Å². The molecule has 0 saturated carbocycles. The van der Waals surface area contributed by atoms with Crippen molar-refractivity contribution in [1.82, 2.24) is 44.1 Å². The van der Waals surface area contributed by atoms with Gasteiger partial charge in [0.15, 0.2) is 5.65 Å². The van der Waals surface area contributed by atoms with Gasteiger partial charge in [0.1, 0.15) is 53.2 Å².